The molecule has 1 aromatic heterocycles. The van der Waals surface area contributed by atoms with Gasteiger partial charge in [-0.3, -0.25) is 0 Å². The molecule has 0 spiro atoms. The van der Waals surface area contributed by atoms with Gasteiger partial charge in [0.05, 0.1) is 11.4 Å². The Morgan fingerprint density at radius 2 is 1.87 bits per heavy atom. The zero-order chi connectivity index (χ0) is 16.2. The first-order valence-corrected chi connectivity index (χ1v) is 7.46. The standard InChI is InChI=1S/C18H20N4O/c1-14-7-6-10-17(21(2)19)16(14)13-23-18-11-12-22(20-18)15-8-4-3-5-9-15/h3-12H,13,19H2,1-2H3. The fraction of sp³-hybridized carbons (Fsp3) is 0.167. The highest BCUT2D eigenvalue weighted by Gasteiger charge is 2.10. The molecule has 0 fully saturated rings. The molecule has 0 unspecified atom stereocenters. The topological polar surface area (TPSA) is 56.3 Å². The van der Waals surface area contributed by atoms with Crippen molar-refractivity contribution in [1.82, 2.24) is 9.78 Å². The van der Waals surface area contributed by atoms with Gasteiger partial charge in [0.25, 0.3) is 0 Å². The first kappa shape index (κ1) is 15.1. The number of benzene rings is 2. The summed E-state index contributed by atoms with van der Waals surface area (Å²) in [6.45, 7) is 2.48. The van der Waals surface area contributed by atoms with Gasteiger partial charge in [0.15, 0.2) is 0 Å². The van der Waals surface area contributed by atoms with Gasteiger partial charge in [0, 0.05) is 24.9 Å². The number of aromatic nitrogens is 2. The number of hydrogen-bond acceptors (Lipinski definition) is 4. The summed E-state index contributed by atoms with van der Waals surface area (Å²) in [5.41, 5.74) is 4.15. The minimum Gasteiger partial charge on any atom is -0.472 e. The number of nitrogens with zero attached hydrogens (tertiary/aromatic N) is 3. The van der Waals surface area contributed by atoms with Crippen LogP contribution in [0.1, 0.15) is 11.1 Å². The number of hydrazine groups is 1. The van der Waals surface area contributed by atoms with Crippen molar-refractivity contribution in [3.63, 3.8) is 0 Å². The Balaban J connectivity index is 1.76. The minimum atomic E-state index is 0.426. The highest BCUT2D eigenvalue weighted by atomic mass is 16.5. The zero-order valence-corrected chi connectivity index (χ0v) is 13.3. The Morgan fingerprint density at radius 1 is 1.09 bits per heavy atom. The Morgan fingerprint density at radius 3 is 2.61 bits per heavy atom. The molecule has 0 atom stereocenters. The second kappa shape index (κ2) is 6.54. The van der Waals surface area contributed by atoms with E-state index in [1.165, 1.54) is 0 Å². The number of ether oxygens (including phenoxy) is 1. The Hall–Kier alpha value is -2.79. The third kappa shape index (κ3) is 3.35. The van der Waals surface area contributed by atoms with Crippen molar-refractivity contribution in [3.8, 4) is 11.6 Å². The van der Waals surface area contributed by atoms with Gasteiger partial charge >= 0.3 is 0 Å². The smallest absolute Gasteiger partial charge is 0.233 e. The lowest BCUT2D eigenvalue weighted by Crippen LogP contribution is -2.26. The van der Waals surface area contributed by atoms with Gasteiger partial charge in [-0.25, -0.2) is 10.5 Å². The molecule has 23 heavy (non-hydrogen) atoms. The van der Waals surface area contributed by atoms with Crippen LogP contribution in [-0.4, -0.2) is 16.8 Å². The normalized spacial score (nSPS) is 10.6. The van der Waals surface area contributed by atoms with Gasteiger partial charge in [-0.05, 0) is 30.7 Å². The predicted octanol–water partition coefficient (Wildman–Crippen LogP) is 3.07. The number of anilines is 1. The Labute approximate surface area is 135 Å². The van der Waals surface area contributed by atoms with Gasteiger partial charge in [-0.1, -0.05) is 30.3 Å². The highest BCUT2D eigenvalue weighted by molar-refractivity contribution is 5.55. The van der Waals surface area contributed by atoms with Crippen LogP contribution in [0.3, 0.4) is 0 Å². The third-order valence-electron chi connectivity index (χ3n) is 3.72. The summed E-state index contributed by atoms with van der Waals surface area (Å²) in [7, 11) is 1.82. The van der Waals surface area contributed by atoms with Crippen molar-refractivity contribution in [2.45, 2.75) is 13.5 Å². The van der Waals surface area contributed by atoms with E-state index in [0.29, 0.717) is 12.5 Å². The molecular formula is C18H20N4O. The lowest BCUT2D eigenvalue weighted by Gasteiger charge is -2.18. The minimum absolute atomic E-state index is 0.426. The number of rotatable bonds is 5. The second-order valence-corrected chi connectivity index (χ2v) is 5.41. The van der Waals surface area contributed by atoms with Gasteiger partial charge in [0.1, 0.15) is 6.61 Å². The SMILES string of the molecule is Cc1cccc(N(C)N)c1COc1ccn(-c2ccccc2)n1. The molecule has 3 aromatic rings. The molecule has 2 N–H and O–H groups in total. The average Bonchev–Trinajstić information content (AvgIpc) is 3.03. The molecule has 5 heteroatoms. The first-order valence-electron chi connectivity index (χ1n) is 7.46. The van der Waals surface area contributed by atoms with E-state index in [4.69, 9.17) is 10.6 Å². The maximum atomic E-state index is 5.89. The molecule has 0 bridgehead atoms. The van der Waals surface area contributed by atoms with Crippen LogP contribution in [-0.2, 0) is 6.61 Å². The zero-order valence-electron chi connectivity index (χ0n) is 13.3. The van der Waals surface area contributed by atoms with Crippen molar-refractivity contribution in [1.29, 1.82) is 0 Å². The van der Waals surface area contributed by atoms with Gasteiger partial charge in [0.2, 0.25) is 5.88 Å². The highest BCUT2D eigenvalue weighted by Crippen LogP contribution is 2.23. The maximum Gasteiger partial charge on any atom is 0.233 e. The summed E-state index contributed by atoms with van der Waals surface area (Å²) in [5.74, 6) is 6.48. The van der Waals surface area contributed by atoms with E-state index in [0.717, 1.165) is 22.5 Å². The molecule has 118 valence electrons. The molecule has 0 amide bonds. The van der Waals surface area contributed by atoms with Gasteiger partial charge < -0.3 is 9.75 Å². The van der Waals surface area contributed by atoms with E-state index >= 15 is 0 Å². The molecule has 0 aliphatic carbocycles. The summed E-state index contributed by atoms with van der Waals surface area (Å²) >= 11 is 0. The van der Waals surface area contributed by atoms with Crippen molar-refractivity contribution in [2.24, 2.45) is 5.84 Å². The molecule has 1 heterocycles. The van der Waals surface area contributed by atoms with Crippen LogP contribution in [0.4, 0.5) is 5.69 Å². The molecule has 5 nitrogen and oxygen atoms in total. The summed E-state index contributed by atoms with van der Waals surface area (Å²) < 4.78 is 7.65. The molecule has 0 radical (unpaired) electrons. The molecule has 0 saturated heterocycles. The molecule has 3 rings (SSSR count). The van der Waals surface area contributed by atoms with E-state index in [1.54, 1.807) is 9.69 Å². The van der Waals surface area contributed by atoms with Crippen LogP contribution in [0.5, 0.6) is 5.88 Å². The quantitative estimate of drug-likeness (QED) is 0.581. The summed E-state index contributed by atoms with van der Waals surface area (Å²) in [4.78, 5) is 0. The van der Waals surface area contributed by atoms with Crippen LogP contribution in [0, 0.1) is 6.92 Å². The van der Waals surface area contributed by atoms with Crippen molar-refractivity contribution >= 4 is 5.69 Å². The lowest BCUT2D eigenvalue weighted by atomic mass is 10.1. The van der Waals surface area contributed by atoms with Gasteiger partial charge in [-0.15, -0.1) is 5.10 Å². The Kier molecular flexibility index (Phi) is 4.30. The van der Waals surface area contributed by atoms with Crippen LogP contribution in [0.25, 0.3) is 5.69 Å². The van der Waals surface area contributed by atoms with Crippen LogP contribution < -0.4 is 15.6 Å². The van der Waals surface area contributed by atoms with Gasteiger partial charge in [-0.2, -0.15) is 0 Å². The van der Waals surface area contributed by atoms with Crippen LogP contribution >= 0.6 is 0 Å². The number of para-hydroxylation sites is 1. The maximum absolute atomic E-state index is 5.89. The Bertz CT molecular complexity index is 781. The fourth-order valence-electron chi connectivity index (χ4n) is 2.46. The molecule has 0 saturated carbocycles. The summed E-state index contributed by atoms with van der Waals surface area (Å²) in [6.07, 6.45) is 1.89. The van der Waals surface area contributed by atoms with E-state index in [1.807, 2.05) is 74.8 Å². The van der Waals surface area contributed by atoms with E-state index in [2.05, 4.69) is 5.10 Å². The van der Waals surface area contributed by atoms with Crippen molar-refractivity contribution < 1.29 is 4.74 Å². The monoisotopic (exact) mass is 308 g/mol. The molecule has 0 aliphatic heterocycles. The number of hydrogen-bond donors (Lipinski definition) is 1. The van der Waals surface area contributed by atoms with Crippen LogP contribution in [0.15, 0.2) is 60.8 Å². The summed E-state index contributed by atoms with van der Waals surface area (Å²) in [6, 6.07) is 17.8. The molecule has 2 aromatic carbocycles. The summed E-state index contributed by atoms with van der Waals surface area (Å²) in [5, 5.41) is 6.05. The van der Waals surface area contributed by atoms with E-state index < -0.39 is 0 Å². The number of nitrogens with two attached hydrogens (primary N) is 1. The van der Waals surface area contributed by atoms with Crippen molar-refractivity contribution in [2.75, 3.05) is 12.1 Å². The molecular weight excluding hydrogens is 288 g/mol. The first-order chi connectivity index (χ1) is 11.1. The number of aryl methyl sites for hydroxylation is 1. The second-order valence-electron chi connectivity index (χ2n) is 5.41. The predicted molar refractivity (Wildman–Crippen MR) is 91.7 cm³/mol. The largest absolute Gasteiger partial charge is 0.472 e. The van der Waals surface area contributed by atoms with E-state index in [9.17, 15) is 0 Å². The van der Waals surface area contributed by atoms with Crippen LogP contribution in [0.2, 0.25) is 0 Å². The van der Waals surface area contributed by atoms with Crippen molar-refractivity contribution in [3.05, 3.63) is 71.9 Å². The molecule has 0 aliphatic rings. The lowest BCUT2D eigenvalue weighted by molar-refractivity contribution is 0.291. The average molecular weight is 308 g/mol. The fourth-order valence-corrected chi connectivity index (χ4v) is 2.46. The van der Waals surface area contributed by atoms with E-state index in [-0.39, 0.29) is 0 Å². The third-order valence-corrected chi connectivity index (χ3v) is 3.72.